The largest absolute Gasteiger partial charge is 0.396 e. The molecule has 6 nitrogen and oxygen atoms in total. The molecule has 0 unspecified atom stereocenters. The van der Waals surface area contributed by atoms with Crippen molar-refractivity contribution in [1.29, 1.82) is 0 Å². The second-order valence-electron chi connectivity index (χ2n) is 8.28. The van der Waals surface area contributed by atoms with Gasteiger partial charge in [-0.3, -0.25) is 9.36 Å². The predicted molar refractivity (Wildman–Crippen MR) is 153 cm³/mol. The van der Waals surface area contributed by atoms with Crippen LogP contribution in [0.2, 0.25) is 0 Å². The van der Waals surface area contributed by atoms with Crippen molar-refractivity contribution in [1.82, 2.24) is 19.6 Å². The maximum Gasteiger partial charge on any atom is 0.143 e. The van der Waals surface area contributed by atoms with Crippen molar-refractivity contribution < 1.29 is 10.2 Å². The molecule has 180 valence electrons. The lowest BCUT2D eigenvalue weighted by atomic mass is 10.2. The van der Waals surface area contributed by atoms with Crippen molar-refractivity contribution in [3.63, 3.8) is 0 Å². The molecule has 0 aliphatic carbocycles. The molecular formula is C25H27Br2IN4O2. The summed E-state index contributed by atoms with van der Waals surface area (Å²) < 4.78 is 6.95. The van der Waals surface area contributed by atoms with E-state index in [1.165, 1.54) is 0 Å². The van der Waals surface area contributed by atoms with Crippen LogP contribution in [-0.4, -0.2) is 43.0 Å². The molecule has 0 saturated heterocycles. The molecule has 9 heteroatoms. The summed E-state index contributed by atoms with van der Waals surface area (Å²) in [6.07, 6.45) is 0. The zero-order valence-corrected chi connectivity index (χ0v) is 24.6. The first kappa shape index (κ1) is 27.1. The minimum Gasteiger partial charge on any atom is -0.396 e. The van der Waals surface area contributed by atoms with Gasteiger partial charge in [-0.1, -0.05) is 51.6 Å². The third-order valence-corrected chi connectivity index (χ3v) is 7.00. The Morgan fingerprint density at radius 3 is 1.91 bits per heavy atom. The summed E-state index contributed by atoms with van der Waals surface area (Å²) in [5, 5.41) is 29.5. The lowest BCUT2D eigenvalue weighted by Crippen LogP contribution is -2.12. The monoisotopic (exact) mass is 700 g/mol. The van der Waals surface area contributed by atoms with Crippen LogP contribution in [0, 0.1) is 27.4 Å². The van der Waals surface area contributed by atoms with E-state index in [0.29, 0.717) is 6.54 Å². The highest BCUT2D eigenvalue weighted by molar-refractivity contribution is 14.1. The molecule has 2 aromatic heterocycles. The molecule has 34 heavy (non-hydrogen) atoms. The van der Waals surface area contributed by atoms with Crippen molar-refractivity contribution in [2.24, 2.45) is 11.8 Å². The Morgan fingerprint density at radius 1 is 0.882 bits per heavy atom. The lowest BCUT2D eigenvalue weighted by molar-refractivity contribution is 0.220. The molecule has 2 atom stereocenters. The first-order chi connectivity index (χ1) is 16.3. The minimum atomic E-state index is 0.157. The molecule has 0 aliphatic heterocycles. The third-order valence-electron chi connectivity index (χ3n) is 5.22. The maximum absolute atomic E-state index is 9.15. The lowest BCUT2D eigenvalue weighted by Gasteiger charge is -2.08. The van der Waals surface area contributed by atoms with Crippen LogP contribution in [0.3, 0.4) is 0 Å². The normalized spacial score (nSPS) is 12.7. The minimum absolute atomic E-state index is 0.157. The zero-order chi connectivity index (χ0) is 24.8. The van der Waals surface area contributed by atoms with Gasteiger partial charge in [0.15, 0.2) is 0 Å². The number of aliphatic hydroxyl groups excluding tert-OH is 2. The summed E-state index contributed by atoms with van der Waals surface area (Å²) in [5.41, 5.74) is 2.95. The van der Waals surface area contributed by atoms with Crippen LogP contribution < -0.4 is 0 Å². The molecule has 4 aromatic rings. The Morgan fingerprint density at radius 2 is 1.38 bits per heavy atom. The van der Waals surface area contributed by atoms with E-state index >= 15 is 0 Å². The van der Waals surface area contributed by atoms with Crippen LogP contribution in [0.4, 0.5) is 0 Å². The Kier molecular flexibility index (Phi) is 9.97. The van der Waals surface area contributed by atoms with Crippen molar-refractivity contribution in [3.8, 4) is 11.8 Å². The van der Waals surface area contributed by atoms with Gasteiger partial charge in [-0.15, -0.1) is 0 Å². The van der Waals surface area contributed by atoms with Crippen LogP contribution in [0.25, 0.3) is 21.8 Å². The molecule has 0 bridgehead atoms. The number of nitrogens with zero attached hydrogens (tertiary/aromatic N) is 4. The van der Waals surface area contributed by atoms with Crippen LogP contribution >= 0.6 is 54.5 Å². The number of hydrogen-bond donors (Lipinski definition) is 2. The highest BCUT2D eigenvalue weighted by Crippen LogP contribution is 2.25. The fourth-order valence-electron chi connectivity index (χ4n) is 3.45. The first-order valence-electron chi connectivity index (χ1n) is 10.9. The number of aromatic nitrogens is 4. The van der Waals surface area contributed by atoms with E-state index in [0.717, 1.165) is 46.7 Å². The average molecular weight is 702 g/mol. The summed E-state index contributed by atoms with van der Waals surface area (Å²) in [6, 6.07) is 12.2. The van der Waals surface area contributed by atoms with Gasteiger partial charge in [0.2, 0.25) is 0 Å². The Balaban J connectivity index is 0.000000192. The first-order valence-corrected chi connectivity index (χ1v) is 13.6. The molecule has 0 amide bonds. The van der Waals surface area contributed by atoms with Crippen LogP contribution in [0.15, 0.2) is 45.3 Å². The van der Waals surface area contributed by atoms with Crippen LogP contribution in [0.1, 0.15) is 26.5 Å². The molecular weight excluding hydrogens is 675 g/mol. The number of benzene rings is 2. The van der Waals surface area contributed by atoms with Crippen LogP contribution in [0.5, 0.6) is 0 Å². The topological polar surface area (TPSA) is 76.1 Å². The van der Waals surface area contributed by atoms with E-state index in [2.05, 4.69) is 88.6 Å². The number of halogens is 3. The van der Waals surface area contributed by atoms with E-state index < -0.39 is 0 Å². The van der Waals surface area contributed by atoms with Gasteiger partial charge < -0.3 is 10.2 Å². The Hall–Kier alpha value is -1.45. The van der Waals surface area contributed by atoms with E-state index in [4.69, 9.17) is 10.2 Å². The van der Waals surface area contributed by atoms with Gasteiger partial charge >= 0.3 is 0 Å². The van der Waals surface area contributed by atoms with Crippen molar-refractivity contribution in [2.75, 3.05) is 13.2 Å². The molecule has 0 aliphatic rings. The van der Waals surface area contributed by atoms with Crippen molar-refractivity contribution in [2.45, 2.75) is 33.9 Å². The fraction of sp³-hybridized carbons (Fsp3) is 0.360. The standard InChI is InChI=1S/C14H15BrN2O.C11H12BrIN2O/c1-3-4-13-12-6-5-11(15)7-14(12)17(16-13)8-10(2)9-18;1-7(6-16)5-15-10-4-8(12)2-3-9(10)11(13)14-15/h5-7,10,18H,8-9H2,1-2H3;2-4,7,16H,5-6H2,1H3/t10-;7-/m00/s1. The van der Waals surface area contributed by atoms with E-state index in [1.54, 1.807) is 6.92 Å². The zero-order valence-electron chi connectivity index (χ0n) is 19.3. The van der Waals surface area contributed by atoms with Gasteiger partial charge in [0, 0.05) is 46.0 Å². The molecule has 0 radical (unpaired) electrons. The smallest absolute Gasteiger partial charge is 0.143 e. The number of aliphatic hydroxyl groups is 2. The van der Waals surface area contributed by atoms with Crippen molar-refractivity contribution >= 4 is 76.3 Å². The summed E-state index contributed by atoms with van der Waals surface area (Å²) in [6.45, 7) is 7.59. The van der Waals surface area contributed by atoms with Crippen molar-refractivity contribution in [3.05, 3.63) is 54.7 Å². The van der Waals surface area contributed by atoms with Gasteiger partial charge in [0.25, 0.3) is 0 Å². The molecule has 0 spiro atoms. The Bertz CT molecular complexity index is 1340. The third kappa shape index (κ3) is 6.61. The summed E-state index contributed by atoms with van der Waals surface area (Å²) in [5.74, 6) is 6.30. The maximum atomic E-state index is 9.15. The van der Waals surface area contributed by atoms with Gasteiger partial charge in [0.05, 0.1) is 11.0 Å². The molecule has 0 fully saturated rings. The van der Waals surface area contributed by atoms with Gasteiger partial charge in [-0.05, 0) is 83.7 Å². The van der Waals surface area contributed by atoms with Crippen LogP contribution in [-0.2, 0) is 13.1 Å². The molecule has 2 heterocycles. The van der Waals surface area contributed by atoms with Gasteiger partial charge in [-0.25, -0.2) is 0 Å². The SMILES string of the molecule is CC#Cc1nn(C[C@H](C)CO)c2cc(Br)ccc12.C[C@H](CO)Cn1nc(I)c2ccc(Br)cc21. The predicted octanol–water partition coefficient (Wildman–Crippen LogP) is 5.83. The summed E-state index contributed by atoms with van der Waals surface area (Å²) >= 11 is 9.18. The van der Waals surface area contributed by atoms with E-state index in [1.807, 2.05) is 47.5 Å². The van der Waals surface area contributed by atoms with E-state index in [9.17, 15) is 0 Å². The quantitative estimate of drug-likeness (QED) is 0.196. The Labute approximate surface area is 230 Å². The highest BCUT2D eigenvalue weighted by Gasteiger charge is 2.12. The second kappa shape index (κ2) is 12.5. The number of hydrogen-bond acceptors (Lipinski definition) is 4. The van der Waals surface area contributed by atoms with Gasteiger partial charge in [-0.2, -0.15) is 10.2 Å². The average Bonchev–Trinajstić information content (AvgIpc) is 3.30. The number of fused-ring (bicyclic) bond motifs is 2. The summed E-state index contributed by atoms with van der Waals surface area (Å²) in [4.78, 5) is 0. The summed E-state index contributed by atoms with van der Waals surface area (Å²) in [7, 11) is 0. The highest BCUT2D eigenvalue weighted by atomic mass is 127. The van der Waals surface area contributed by atoms with Gasteiger partial charge in [0.1, 0.15) is 9.39 Å². The fourth-order valence-corrected chi connectivity index (χ4v) is 4.86. The molecule has 4 rings (SSSR count). The van der Waals surface area contributed by atoms with E-state index in [-0.39, 0.29) is 25.0 Å². The molecule has 2 aromatic carbocycles. The molecule has 0 saturated carbocycles. The number of rotatable bonds is 6. The molecule has 2 N–H and O–H groups in total. The second-order valence-corrected chi connectivity index (χ2v) is 11.1.